The van der Waals surface area contributed by atoms with E-state index in [4.69, 9.17) is 5.11 Å². The topological polar surface area (TPSA) is 55.1 Å². The molecule has 0 aliphatic rings. The second kappa shape index (κ2) is 4.26. The van der Waals surface area contributed by atoms with Crippen LogP contribution >= 0.6 is 0 Å². The highest BCUT2D eigenvalue weighted by molar-refractivity contribution is 5.88. The molecule has 0 aromatic carbocycles. The lowest BCUT2D eigenvalue weighted by Gasteiger charge is -2.10. The highest BCUT2D eigenvalue weighted by Crippen LogP contribution is 2.19. The third-order valence-electron chi connectivity index (χ3n) is 2.09. The van der Waals surface area contributed by atoms with Crippen molar-refractivity contribution in [3.8, 4) is 0 Å². The Morgan fingerprint density at radius 2 is 2.29 bits per heavy atom. The minimum atomic E-state index is -0.893. The van der Waals surface area contributed by atoms with E-state index in [9.17, 15) is 4.79 Å². The van der Waals surface area contributed by atoms with Gasteiger partial charge in [0, 0.05) is 6.54 Å². The Morgan fingerprint density at radius 1 is 1.64 bits per heavy atom. The molecule has 1 N–H and O–H groups in total. The van der Waals surface area contributed by atoms with Crippen LogP contribution in [0.3, 0.4) is 0 Å². The molecule has 78 valence electrons. The summed E-state index contributed by atoms with van der Waals surface area (Å²) in [5.41, 5.74) is 1.15. The number of hydrogen-bond donors (Lipinski definition) is 1. The zero-order chi connectivity index (χ0) is 10.7. The van der Waals surface area contributed by atoms with Gasteiger partial charge in [0.15, 0.2) is 0 Å². The molecule has 0 saturated heterocycles. The van der Waals surface area contributed by atoms with Gasteiger partial charge in [0.1, 0.15) is 5.56 Å². The van der Waals surface area contributed by atoms with E-state index in [-0.39, 0.29) is 5.92 Å². The molecule has 0 atom stereocenters. The van der Waals surface area contributed by atoms with Gasteiger partial charge < -0.3 is 5.11 Å². The lowest BCUT2D eigenvalue weighted by molar-refractivity contribution is 0.0695. The Morgan fingerprint density at radius 3 is 2.71 bits per heavy atom. The summed E-state index contributed by atoms with van der Waals surface area (Å²) in [7, 11) is 0. The van der Waals surface area contributed by atoms with Crippen LogP contribution < -0.4 is 0 Å². The summed E-state index contributed by atoms with van der Waals surface area (Å²) in [5.74, 6) is -0.703. The Labute approximate surface area is 83.5 Å². The first-order valence-corrected chi connectivity index (χ1v) is 4.86. The molecule has 1 aromatic rings. The molecular weight excluding hydrogens is 180 g/mol. The maximum absolute atomic E-state index is 10.9. The van der Waals surface area contributed by atoms with E-state index in [1.54, 1.807) is 4.68 Å². The molecular formula is C10H16N2O2. The molecule has 1 aromatic heterocycles. The first kappa shape index (κ1) is 10.8. The van der Waals surface area contributed by atoms with Crippen molar-refractivity contribution in [2.75, 3.05) is 0 Å². The lowest BCUT2D eigenvalue weighted by Crippen LogP contribution is -2.09. The molecule has 0 radical (unpaired) electrons. The predicted molar refractivity (Wildman–Crippen MR) is 53.6 cm³/mol. The highest BCUT2D eigenvalue weighted by Gasteiger charge is 2.18. The second-order valence-electron chi connectivity index (χ2n) is 3.63. The lowest BCUT2D eigenvalue weighted by atomic mass is 10.1. The molecule has 0 aliphatic carbocycles. The first-order chi connectivity index (χ1) is 6.57. The minimum Gasteiger partial charge on any atom is -0.478 e. The number of aromatic carboxylic acids is 1. The van der Waals surface area contributed by atoms with E-state index in [2.05, 4.69) is 5.10 Å². The zero-order valence-electron chi connectivity index (χ0n) is 8.82. The monoisotopic (exact) mass is 196 g/mol. The Bertz CT molecular complexity index is 329. The van der Waals surface area contributed by atoms with Gasteiger partial charge in [-0.3, -0.25) is 4.68 Å². The van der Waals surface area contributed by atoms with Crippen LogP contribution in [-0.4, -0.2) is 20.9 Å². The zero-order valence-corrected chi connectivity index (χ0v) is 8.82. The molecule has 0 amide bonds. The van der Waals surface area contributed by atoms with Gasteiger partial charge in [-0.05, 0) is 12.3 Å². The maximum atomic E-state index is 10.9. The van der Waals surface area contributed by atoms with Crippen molar-refractivity contribution in [3.05, 3.63) is 17.5 Å². The molecule has 1 rings (SSSR count). The molecule has 14 heavy (non-hydrogen) atoms. The number of hydrogen-bond acceptors (Lipinski definition) is 2. The summed E-state index contributed by atoms with van der Waals surface area (Å²) >= 11 is 0. The predicted octanol–water partition coefficient (Wildman–Crippen LogP) is 2.11. The highest BCUT2D eigenvalue weighted by atomic mass is 16.4. The van der Waals surface area contributed by atoms with Gasteiger partial charge in [-0.15, -0.1) is 0 Å². The fourth-order valence-electron chi connectivity index (χ4n) is 1.56. The van der Waals surface area contributed by atoms with Crippen molar-refractivity contribution >= 4 is 5.97 Å². The van der Waals surface area contributed by atoms with E-state index in [0.717, 1.165) is 18.7 Å². The molecule has 0 fully saturated rings. The second-order valence-corrected chi connectivity index (χ2v) is 3.63. The summed E-state index contributed by atoms with van der Waals surface area (Å²) in [6.45, 7) is 6.79. The normalized spacial score (nSPS) is 10.9. The van der Waals surface area contributed by atoms with Crippen molar-refractivity contribution in [1.82, 2.24) is 9.78 Å². The van der Waals surface area contributed by atoms with Crippen LogP contribution in [0.4, 0.5) is 0 Å². The number of carboxylic acid groups (broad SMARTS) is 1. The molecule has 4 heteroatoms. The van der Waals surface area contributed by atoms with Crippen LogP contribution in [-0.2, 0) is 6.54 Å². The molecule has 0 spiro atoms. The summed E-state index contributed by atoms with van der Waals surface area (Å²) in [5, 5.41) is 13.0. The van der Waals surface area contributed by atoms with Gasteiger partial charge in [-0.25, -0.2) is 4.79 Å². The summed E-state index contributed by atoms with van der Waals surface area (Å²) in [6, 6.07) is 0. The van der Waals surface area contributed by atoms with Crippen LogP contribution in [0.2, 0.25) is 0 Å². The van der Waals surface area contributed by atoms with Gasteiger partial charge in [0.25, 0.3) is 0 Å². The third kappa shape index (κ3) is 1.95. The quantitative estimate of drug-likeness (QED) is 0.802. The molecule has 0 saturated carbocycles. The van der Waals surface area contributed by atoms with E-state index < -0.39 is 5.97 Å². The van der Waals surface area contributed by atoms with Crippen LogP contribution in [0, 0.1) is 0 Å². The smallest absolute Gasteiger partial charge is 0.339 e. The Hall–Kier alpha value is -1.32. The summed E-state index contributed by atoms with van der Waals surface area (Å²) < 4.78 is 1.79. The average molecular weight is 196 g/mol. The van der Waals surface area contributed by atoms with Crippen molar-refractivity contribution < 1.29 is 9.90 Å². The minimum absolute atomic E-state index is 0.190. The third-order valence-corrected chi connectivity index (χ3v) is 2.09. The molecule has 0 aliphatic heterocycles. The van der Waals surface area contributed by atoms with Crippen molar-refractivity contribution in [3.63, 3.8) is 0 Å². The Kier molecular flexibility index (Phi) is 3.28. The SMILES string of the molecule is CCCn1ncc(C(=O)O)c1C(C)C. The van der Waals surface area contributed by atoms with E-state index in [1.807, 2.05) is 20.8 Å². The fraction of sp³-hybridized carbons (Fsp3) is 0.600. The largest absolute Gasteiger partial charge is 0.478 e. The summed E-state index contributed by atoms with van der Waals surface area (Å²) in [4.78, 5) is 10.9. The van der Waals surface area contributed by atoms with Crippen LogP contribution in [0.5, 0.6) is 0 Å². The molecule has 1 heterocycles. The van der Waals surface area contributed by atoms with Crippen molar-refractivity contribution in [2.45, 2.75) is 39.7 Å². The number of nitrogens with zero attached hydrogens (tertiary/aromatic N) is 2. The van der Waals surface area contributed by atoms with E-state index in [1.165, 1.54) is 6.20 Å². The van der Waals surface area contributed by atoms with Gasteiger partial charge >= 0.3 is 5.97 Å². The Balaban J connectivity index is 3.13. The van der Waals surface area contributed by atoms with E-state index >= 15 is 0 Å². The molecule has 0 bridgehead atoms. The van der Waals surface area contributed by atoms with Crippen molar-refractivity contribution in [1.29, 1.82) is 0 Å². The average Bonchev–Trinajstić information content (AvgIpc) is 2.48. The van der Waals surface area contributed by atoms with Crippen molar-refractivity contribution in [2.24, 2.45) is 0 Å². The van der Waals surface area contributed by atoms with Gasteiger partial charge in [0.05, 0.1) is 11.9 Å². The number of aromatic nitrogens is 2. The van der Waals surface area contributed by atoms with E-state index in [0.29, 0.717) is 5.56 Å². The molecule has 0 unspecified atom stereocenters. The first-order valence-electron chi connectivity index (χ1n) is 4.86. The summed E-state index contributed by atoms with van der Waals surface area (Å²) in [6.07, 6.45) is 2.40. The fourth-order valence-corrected chi connectivity index (χ4v) is 1.56. The maximum Gasteiger partial charge on any atom is 0.339 e. The van der Waals surface area contributed by atoms with Gasteiger partial charge in [-0.1, -0.05) is 20.8 Å². The van der Waals surface area contributed by atoms with Crippen LogP contribution in [0.25, 0.3) is 0 Å². The van der Waals surface area contributed by atoms with Crippen LogP contribution in [0.15, 0.2) is 6.20 Å². The van der Waals surface area contributed by atoms with Gasteiger partial charge in [-0.2, -0.15) is 5.10 Å². The van der Waals surface area contributed by atoms with Crippen LogP contribution in [0.1, 0.15) is 49.2 Å². The standard InChI is InChI=1S/C10H16N2O2/c1-4-5-12-9(7(2)3)8(6-11-12)10(13)14/h6-7H,4-5H2,1-3H3,(H,13,14). The number of carboxylic acids is 1. The number of carbonyl (C=O) groups is 1. The number of aryl methyl sites for hydroxylation is 1. The van der Waals surface area contributed by atoms with Gasteiger partial charge in [0.2, 0.25) is 0 Å². The molecule has 4 nitrogen and oxygen atoms in total. The number of rotatable bonds is 4.